The van der Waals surface area contributed by atoms with Crippen LogP contribution in [0.15, 0.2) is 92.6 Å². The highest BCUT2D eigenvalue weighted by Crippen LogP contribution is 2.38. The van der Waals surface area contributed by atoms with Gasteiger partial charge in [0.25, 0.3) is 0 Å². The molecule has 0 aliphatic rings. The van der Waals surface area contributed by atoms with Crippen molar-refractivity contribution in [2.75, 3.05) is 14.2 Å². The normalized spacial score (nSPS) is 10.8. The average molecular weight is 407 g/mol. The number of nitrogens with zero attached hydrogens (tertiary/aromatic N) is 2. The van der Waals surface area contributed by atoms with Crippen molar-refractivity contribution in [1.82, 2.24) is 9.97 Å². The third kappa shape index (κ3) is 4.24. The number of para-hydroxylation sites is 2. The first-order valence-electron chi connectivity index (χ1n) is 8.66. The second-order valence-electron chi connectivity index (χ2n) is 5.88. The zero-order valence-electron chi connectivity index (χ0n) is 15.5. The topological polar surface area (TPSA) is 44.2 Å². The van der Waals surface area contributed by atoms with Gasteiger partial charge < -0.3 is 9.47 Å². The van der Waals surface area contributed by atoms with E-state index in [1.54, 1.807) is 37.7 Å². The summed E-state index contributed by atoms with van der Waals surface area (Å²) in [6.45, 7) is 0. The molecule has 0 amide bonds. The fourth-order valence-corrected chi connectivity index (χ4v) is 4.41. The van der Waals surface area contributed by atoms with Gasteiger partial charge in [-0.05, 0) is 60.7 Å². The zero-order valence-corrected chi connectivity index (χ0v) is 17.1. The lowest BCUT2D eigenvalue weighted by atomic mass is 10.3. The molecule has 0 aliphatic carbocycles. The molecular weight excluding hydrogens is 388 g/mol. The maximum absolute atomic E-state index is 5.25. The van der Waals surface area contributed by atoms with Crippen LogP contribution in [0.2, 0.25) is 0 Å². The number of ether oxygens (including phenoxy) is 2. The lowest BCUT2D eigenvalue weighted by Gasteiger charge is -2.10. The molecule has 4 rings (SSSR count). The summed E-state index contributed by atoms with van der Waals surface area (Å²) in [6.07, 6.45) is 0. The predicted molar refractivity (Wildman–Crippen MR) is 114 cm³/mol. The number of hydrogen-bond acceptors (Lipinski definition) is 6. The van der Waals surface area contributed by atoms with Crippen LogP contribution in [-0.4, -0.2) is 24.2 Å². The molecule has 0 saturated carbocycles. The third-order valence-electron chi connectivity index (χ3n) is 4.06. The first kappa shape index (κ1) is 18.7. The maximum atomic E-state index is 5.25. The predicted octanol–water partition coefficient (Wildman–Crippen LogP) is 5.95. The molecule has 6 heteroatoms. The van der Waals surface area contributed by atoms with Gasteiger partial charge in [-0.3, -0.25) is 0 Å². The summed E-state index contributed by atoms with van der Waals surface area (Å²) in [5.41, 5.74) is 1.77. The Balaban J connectivity index is 1.70. The van der Waals surface area contributed by atoms with E-state index in [0.29, 0.717) is 0 Å². The number of methoxy groups -OCH3 is 2. The van der Waals surface area contributed by atoms with Gasteiger partial charge in [-0.2, -0.15) is 0 Å². The van der Waals surface area contributed by atoms with Gasteiger partial charge in [0.2, 0.25) is 0 Å². The van der Waals surface area contributed by atoms with Crippen molar-refractivity contribution < 1.29 is 9.47 Å². The number of aromatic nitrogens is 2. The van der Waals surface area contributed by atoms with Crippen molar-refractivity contribution in [2.45, 2.75) is 19.8 Å². The van der Waals surface area contributed by atoms with Crippen LogP contribution in [0.4, 0.5) is 0 Å². The number of rotatable bonds is 6. The molecule has 1 aromatic heterocycles. The first-order valence-corrected chi connectivity index (χ1v) is 10.3. The SMILES string of the molecule is COc1ccc(Sc2nc3ccccc3nc2Sc2ccc(OC)cc2)cc1. The molecule has 0 unspecified atom stereocenters. The van der Waals surface area contributed by atoms with E-state index in [-0.39, 0.29) is 0 Å². The van der Waals surface area contributed by atoms with E-state index >= 15 is 0 Å². The molecule has 28 heavy (non-hydrogen) atoms. The fourth-order valence-electron chi connectivity index (χ4n) is 2.61. The van der Waals surface area contributed by atoms with Gasteiger partial charge in [0.1, 0.15) is 21.6 Å². The second-order valence-corrected chi connectivity index (χ2v) is 8.00. The minimum absolute atomic E-state index is 0.835. The molecule has 0 fully saturated rings. The van der Waals surface area contributed by atoms with Crippen LogP contribution in [-0.2, 0) is 0 Å². The monoisotopic (exact) mass is 406 g/mol. The van der Waals surface area contributed by atoms with Crippen LogP contribution in [0.1, 0.15) is 0 Å². The Morgan fingerprint density at radius 1 is 0.571 bits per heavy atom. The van der Waals surface area contributed by atoms with Crippen LogP contribution in [0.25, 0.3) is 11.0 Å². The highest BCUT2D eigenvalue weighted by Gasteiger charge is 2.13. The summed E-state index contributed by atoms with van der Waals surface area (Å²) < 4.78 is 10.5. The minimum atomic E-state index is 0.835. The van der Waals surface area contributed by atoms with Gasteiger partial charge in [-0.25, -0.2) is 9.97 Å². The molecule has 0 N–H and O–H groups in total. The molecule has 0 spiro atoms. The van der Waals surface area contributed by atoms with E-state index in [9.17, 15) is 0 Å². The standard InChI is InChI=1S/C22H18N2O2S2/c1-25-15-7-11-17(12-8-15)27-21-22(24-20-6-4-3-5-19(20)23-21)28-18-13-9-16(26-2)10-14-18/h3-14H,1-2H3. The Bertz CT molecular complexity index is 996. The Labute approximate surface area is 172 Å². The summed E-state index contributed by atoms with van der Waals surface area (Å²) in [4.78, 5) is 11.9. The van der Waals surface area contributed by atoms with Crippen molar-refractivity contribution in [3.8, 4) is 11.5 Å². The van der Waals surface area contributed by atoms with Crippen LogP contribution in [0, 0.1) is 0 Å². The molecule has 0 bridgehead atoms. The summed E-state index contributed by atoms with van der Waals surface area (Å²) in [7, 11) is 3.33. The number of benzene rings is 3. The Hall–Kier alpha value is -2.70. The largest absolute Gasteiger partial charge is 0.497 e. The molecule has 0 radical (unpaired) electrons. The summed E-state index contributed by atoms with van der Waals surface area (Å²) in [6, 6.07) is 23.9. The lowest BCUT2D eigenvalue weighted by Crippen LogP contribution is -1.92. The second kappa shape index (κ2) is 8.54. The Morgan fingerprint density at radius 2 is 0.964 bits per heavy atom. The molecule has 0 atom stereocenters. The van der Waals surface area contributed by atoms with Gasteiger partial charge in [0.15, 0.2) is 0 Å². The van der Waals surface area contributed by atoms with Crippen LogP contribution in [0.3, 0.4) is 0 Å². The van der Waals surface area contributed by atoms with Crippen molar-refractivity contribution >= 4 is 34.6 Å². The summed E-state index contributed by atoms with van der Waals surface area (Å²) >= 11 is 3.20. The zero-order chi connectivity index (χ0) is 19.3. The van der Waals surface area contributed by atoms with E-state index in [2.05, 4.69) is 0 Å². The quantitative estimate of drug-likeness (QED) is 0.394. The summed E-state index contributed by atoms with van der Waals surface area (Å²) in [5, 5.41) is 1.76. The highest BCUT2D eigenvalue weighted by atomic mass is 32.2. The first-order chi connectivity index (χ1) is 13.7. The Morgan fingerprint density at radius 3 is 1.32 bits per heavy atom. The van der Waals surface area contributed by atoms with Gasteiger partial charge in [0.05, 0.1) is 25.3 Å². The lowest BCUT2D eigenvalue weighted by molar-refractivity contribution is 0.414. The molecule has 4 nitrogen and oxygen atoms in total. The number of hydrogen-bond donors (Lipinski definition) is 0. The van der Waals surface area contributed by atoms with Crippen molar-refractivity contribution in [1.29, 1.82) is 0 Å². The molecule has 0 saturated heterocycles. The van der Waals surface area contributed by atoms with Crippen LogP contribution < -0.4 is 9.47 Å². The van der Waals surface area contributed by atoms with Crippen LogP contribution >= 0.6 is 23.5 Å². The smallest absolute Gasteiger partial charge is 0.134 e. The van der Waals surface area contributed by atoms with Crippen molar-refractivity contribution in [2.24, 2.45) is 0 Å². The van der Waals surface area contributed by atoms with Gasteiger partial charge in [-0.1, -0.05) is 35.7 Å². The maximum Gasteiger partial charge on any atom is 0.134 e. The van der Waals surface area contributed by atoms with Crippen LogP contribution in [0.5, 0.6) is 11.5 Å². The average Bonchev–Trinajstić information content (AvgIpc) is 2.75. The Kier molecular flexibility index (Phi) is 5.69. The molecule has 1 heterocycles. The molecule has 0 aliphatic heterocycles. The minimum Gasteiger partial charge on any atom is -0.497 e. The van der Waals surface area contributed by atoms with E-state index in [1.165, 1.54) is 0 Å². The van der Waals surface area contributed by atoms with Gasteiger partial charge >= 0.3 is 0 Å². The summed E-state index contributed by atoms with van der Waals surface area (Å²) in [5.74, 6) is 1.67. The van der Waals surface area contributed by atoms with Crippen molar-refractivity contribution in [3.63, 3.8) is 0 Å². The van der Waals surface area contributed by atoms with E-state index in [0.717, 1.165) is 42.4 Å². The number of fused-ring (bicyclic) bond motifs is 1. The molecular formula is C22H18N2O2S2. The third-order valence-corrected chi connectivity index (χ3v) is 6.16. The highest BCUT2D eigenvalue weighted by molar-refractivity contribution is 8.02. The van der Waals surface area contributed by atoms with E-state index < -0.39 is 0 Å². The fraction of sp³-hybridized carbons (Fsp3) is 0.0909. The van der Waals surface area contributed by atoms with Gasteiger partial charge in [-0.15, -0.1) is 0 Å². The van der Waals surface area contributed by atoms with E-state index in [1.807, 2.05) is 72.8 Å². The molecule has 140 valence electrons. The van der Waals surface area contributed by atoms with E-state index in [4.69, 9.17) is 19.4 Å². The molecule has 4 aromatic rings. The molecule has 3 aromatic carbocycles. The van der Waals surface area contributed by atoms with Crippen molar-refractivity contribution in [3.05, 3.63) is 72.8 Å². The van der Waals surface area contributed by atoms with Gasteiger partial charge in [0, 0.05) is 9.79 Å².